The van der Waals surface area contributed by atoms with Gasteiger partial charge in [-0.05, 0) is 95.3 Å². The molecule has 4 N–H and O–H groups in total. The Labute approximate surface area is 292 Å². The lowest BCUT2D eigenvalue weighted by Gasteiger charge is -2.41. The molecule has 5 aliphatic rings. The molecule has 0 aromatic carbocycles. The number of carbonyl (C=O) groups is 5. The van der Waals surface area contributed by atoms with Crippen molar-refractivity contribution >= 4 is 39.4 Å². The van der Waals surface area contributed by atoms with E-state index in [1.807, 2.05) is 20.8 Å². The van der Waals surface area contributed by atoms with Crippen LogP contribution in [0.1, 0.15) is 125 Å². The first-order valence-corrected chi connectivity index (χ1v) is 20.2. The number of rotatable bonds is 13. The van der Waals surface area contributed by atoms with Gasteiger partial charge in [0, 0.05) is 12.6 Å². The lowest BCUT2D eigenvalue weighted by molar-refractivity contribution is -0.144. The molecule has 5 fully saturated rings. The highest BCUT2D eigenvalue weighted by Gasteiger charge is 2.54. The molecule has 276 valence electrons. The number of ketones is 1. The number of amides is 5. The number of urea groups is 1. The first kappa shape index (κ1) is 37.6. The van der Waals surface area contributed by atoms with E-state index in [-0.39, 0.29) is 29.5 Å². The van der Waals surface area contributed by atoms with Crippen LogP contribution in [0.5, 0.6) is 0 Å². The molecule has 0 spiro atoms. The Balaban J connectivity index is 1.31. The van der Waals surface area contributed by atoms with E-state index < -0.39 is 67.3 Å². The second-order valence-electron chi connectivity index (χ2n) is 17.7. The molecule has 0 bridgehead atoms. The van der Waals surface area contributed by atoms with Gasteiger partial charge in [-0.25, -0.2) is 13.2 Å². The maximum absolute atomic E-state index is 14.4. The van der Waals surface area contributed by atoms with Gasteiger partial charge in [-0.15, -0.1) is 0 Å². The summed E-state index contributed by atoms with van der Waals surface area (Å²) >= 11 is 0. The first-order chi connectivity index (χ1) is 22.8. The van der Waals surface area contributed by atoms with Gasteiger partial charge in [-0.2, -0.15) is 0 Å². The number of sulfone groups is 1. The predicted octanol–water partition coefficient (Wildman–Crippen LogP) is 3.38. The normalized spacial score (nSPS) is 26.4. The quantitative estimate of drug-likeness (QED) is 0.213. The predicted molar refractivity (Wildman–Crippen MR) is 186 cm³/mol. The molecule has 5 unspecified atom stereocenters. The van der Waals surface area contributed by atoms with Crippen LogP contribution in [0.25, 0.3) is 0 Å². The number of nitrogens with zero attached hydrogens (tertiary/aromatic N) is 1. The Morgan fingerprint density at radius 1 is 0.857 bits per heavy atom. The van der Waals surface area contributed by atoms with E-state index >= 15 is 0 Å². The molecule has 0 aromatic rings. The van der Waals surface area contributed by atoms with Crippen LogP contribution in [0.3, 0.4) is 0 Å². The zero-order chi connectivity index (χ0) is 35.9. The summed E-state index contributed by atoms with van der Waals surface area (Å²) in [7, 11) is -3.55. The molecule has 4 aliphatic carbocycles. The van der Waals surface area contributed by atoms with E-state index in [9.17, 15) is 32.4 Å². The maximum atomic E-state index is 14.4. The summed E-state index contributed by atoms with van der Waals surface area (Å²) in [6.07, 6.45) is 10.2. The van der Waals surface area contributed by atoms with E-state index in [1.54, 1.807) is 25.7 Å². The maximum Gasteiger partial charge on any atom is 0.315 e. The summed E-state index contributed by atoms with van der Waals surface area (Å²) in [5.74, 6) is -1.72. The number of carbonyl (C=O) groups excluding carboxylic acids is 5. The summed E-state index contributed by atoms with van der Waals surface area (Å²) < 4.78 is 25.6. The average Bonchev–Trinajstić information content (AvgIpc) is 3.92. The second-order valence-corrected chi connectivity index (χ2v) is 20.5. The van der Waals surface area contributed by atoms with Crippen LogP contribution in [-0.4, -0.2) is 89.6 Å². The van der Waals surface area contributed by atoms with E-state index in [4.69, 9.17) is 0 Å². The third kappa shape index (κ3) is 8.97. The molecule has 1 heterocycles. The third-order valence-corrected chi connectivity index (χ3v) is 14.3. The summed E-state index contributed by atoms with van der Waals surface area (Å²) in [6, 6.07) is -3.36. The SMILES string of the molecule is CC(C)(C)C(NC(=O)NC1(CS(=O)(=O)C(C)(C)C)CCCCC1)C(=O)N1CC2CCC2C1C(=O)NC(CCC1CC1)C(=O)C(=O)NC1CC1. The Hall–Kier alpha value is -2.70. The van der Waals surface area contributed by atoms with E-state index in [0.29, 0.717) is 31.7 Å². The molecule has 5 atom stereocenters. The van der Waals surface area contributed by atoms with Gasteiger partial charge in [-0.3, -0.25) is 19.2 Å². The molecule has 12 nitrogen and oxygen atoms in total. The van der Waals surface area contributed by atoms with Gasteiger partial charge in [0.1, 0.15) is 12.1 Å². The van der Waals surface area contributed by atoms with Crippen LogP contribution >= 0.6 is 0 Å². The lowest BCUT2D eigenvalue weighted by Crippen LogP contribution is -2.64. The van der Waals surface area contributed by atoms with E-state index in [0.717, 1.165) is 64.2 Å². The minimum absolute atomic E-state index is 0.0184. The van der Waals surface area contributed by atoms with Gasteiger partial charge >= 0.3 is 6.03 Å². The number of nitrogens with one attached hydrogen (secondary N) is 4. The number of likely N-dealkylation sites (tertiary alicyclic amines) is 1. The molecule has 0 aromatic heterocycles. The van der Waals surface area contributed by atoms with Crippen molar-refractivity contribution in [2.45, 2.75) is 159 Å². The van der Waals surface area contributed by atoms with Crippen molar-refractivity contribution in [3.05, 3.63) is 0 Å². The van der Waals surface area contributed by atoms with Crippen molar-refractivity contribution in [3.8, 4) is 0 Å². The van der Waals surface area contributed by atoms with Crippen molar-refractivity contribution in [2.75, 3.05) is 12.3 Å². The van der Waals surface area contributed by atoms with Crippen molar-refractivity contribution in [1.82, 2.24) is 26.2 Å². The molecule has 4 saturated carbocycles. The van der Waals surface area contributed by atoms with Crippen LogP contribution in [0.15, 0.2) is 0 Å². The summed E-state index contributed by atoms with van der Waals surface area (Å²) in [4.78, 5) is 69.8. The number of hydrogen-bond donors (Lipinski definition) is 4. The van der Waals surface area contributed by atoms with Crippen LogP contribution in [0.4, 0.5) is 4.79 Å². The molecule has 1 saturated heterocycles. The molecule has 5 amide bonds. The van der Waals surface area contributed by atoms with Gasteiger partial charge in [0.15, 0.2) is 9.84 Å². The van der Waals surface area contributed by atoms with Crippen LogP contribution < -0.4 is 21.3 Å². The minimum atomic E-state index is -3.55. The highest BCUT2D eigenvalue weighted by atomic mass is 32.2. The summed E-state index contributed by atoms with van der Waals surface area (Å²) in [5, 5.41) is 11.6. The van der Waals surface area contributed by atoms with Gasteiger partial charge in [-0.1, -0.05) is 52.9 Å². The van der Waals surface area contributed by atoms with Crippen molar-refractivity contribution in [2.24, 2.45) is 23.2 Å². The fraction of sp³-hybridized carbons (Fsp3) is 0.861. The van der Waals surface area contributed by atoms with Crippen molar-refractivity contribution in [3.63, 3.8) is 0 Å². The highest BCUT2D eigenvalue weighted by molar-refractivity contribution is 7.92. The molecular weight excluding hydrogens is 646 g/mol. The topological polar surface area (TPSA) is 171 Å². The molecule has 13 heteroatoms. The average molecular weight is 706 g/mol. The Bertz CT molecular complexity index is 1400. The van der Waals surface area contributed by atoms with Crippen LogP contribution in [0, 0.1) is 23.2 Å². The fourth-order valence-electron chi connectivity index (χ4n) is 7.71. The number of fused-ring (bicyclic) bond motifs is 1. The van der Waals surface area contributed by atoms with Gasteiger partial charge in [0.05, 0.1) is 22.1 Å². The molecule has 5 rings (SSSR count). The second kappa shape index (κ2) is 14.1. The summed E-state index contributed by atoms with van der Waals surface area (Å²) in [6.45, 7) is 10.9. The van der Waals surface area contributed by atoms with Crippen LogP contribution in [-0.2, 0) is 29.0 Å². The molecule has 1 aliphatic heterocycles. The van der Waals surface area contributed by atoms with Gasteiger partial charge in [0.2, 0.25) is 17.6 Å². The molecule has 0 radical (unpaired) electrons. The standard InChI is InChI=1S/C36H59N5O7S/c1-34(2,3)29(39-33(46)40-36(18-8-7-9-19-36)21-49(47,48)35(4,5)6)32(45)41-20-23-13-16-25(23)27(41)30(43)38-26(17-12-22-10-11-22)28(42)31(44)37-24-14-15-24/h22-27,29H,7-21H2,1-6H3,(H,37,44)(H,38,43)(H2,39,40,46). The van der Waals surface area contributed by atoms with Crippen molar-refractivity contribution < 1.29 is 32.4 Å². The summed E-state index contributed by atoms with van der Waals surface area (Å²) in [5.41, 5.74) is -1.68. The Kier molecular flexibility index (Phi) is 10.8. The zero-order valence-electron chi connectivity index (χ0n) is 30.4. The van der Waals surface area contributed by atoms with E-state index in [1.165, 1.54) is 0 Å². The Morgan fingerprint density at radius 2 is 1.51 bits per heavy atom. The molecule has 49 heavy (non-hydrogen) atoms. The molecular formula is C36H59N5O7S. The minimum Gasteiger partial charge on any atom is -0.347 e. The lowest BCUT2D eigenvalue weighted by atomic mass is 9.73. The largest absolute Gasteiger partial charge is 0.347 e. The van der Waals surface area contributed by atoms with Gasteiger partial charge in [0.25, 0.3) is 5.91 Å². The number of Topliss-reactive ketones (excluding diaryl/α,β-unsaturated/α-hetero) is 1. The third-order valence-electron chi connectivity index (χ3n) is 11.5. The Morgan fingerprint density at radius 3 is 2.04 bits per heavy atom. The monoisotopic (exact) mass is 705 g/mol. The highest BCUT2D eigenvalue weighted by Crippen LogP contribution is 2.46. The van der Waals surface area contributed by atoms with Crippen molar-refractivity contribution in [1.29, 1.82) is 0 Å². The fourth-order valence-corrected chi connectivity index (χ4v) is 9.23. The van der Waals surface area contributed by atoms with Gasteiger partial charge < -0.3 is 26.2 Å². The zero-order valence-corrected chi connectivity index (χ0v) is 31.2. The number of hydrogen-bond acceptors (Lipinski definition) is 7. The first-order valence-electron chi connectivity index (χ1n) is 18.6. The van der Waals surface area contributed by atoms with E-state index in [2.05, 4.69) is 21.3 Å². The smallest absolute Gasteiger partial charge is 0.315 e. The van der Waals surface area contributed by atoms with Crippen LogP contribution in [0.2, 0.25) is 0 Å².